The monoisotopic (exact) mass is 514 g/mol. The molecule has 198 valence electrons. The molecule has 1 aliphatic heterocycles. The Balaban J connectivity index is 1.62. The van der Waals surface area contributed by atoms with E-state index in [9.17, 15) is 18.4 Å². The quantitative estimate of drug-likeness (QED) is 0.514. The Bertz CT molecular complexity index is 1440. The summed E-state index contributed by atoms with van der Waals surface area (Å²) in [6.07, 6.45) is 2.55. The number of hydrogen-bond acceptors (Lipinski definition) is 6. The summed E-state index contributed by atoms with van der Waals surface area (Å²) in [7, 11) is 3.19. The fourth-order valence-corrected chi connectivity index (χ4v) is 5.73. The second kappa shape index (κ2) is 9.31. The maximum atomic E-state index is 14.0. The van der Waals surface area contributed by atoms with Gasteiger partial charge in [-0.25, -0.2) is 18.7 Å². The molecule has 0 amide bonds. The molecule has 10 heteroatoms. The largest absolute Gasteiger partial charge is 0.481 e. The van der Waals surface area contributed by atoms with Gasteiger partial charge in [-0.1, -0.05) is 0 Å². The van der Waals surface area contributed by atoms with Gasteiger partial charge in [0.25, 0.3) is 11.1 Å². The fourth-order valence-electron chi connectivity index (χ4n) is 5.73. The van der Waals surface area contributed by atoms with Crippen molar-refractivity contribution in [2.45, 2.75) is 75.9 Å². The number of alkyl halides is 2. The van der Waals surface area contributed by atoms with Gasteiger partial charge < -0.3 is 9.47 Å². The highest BCUT2D eigenvalue weighted by atomic mass is 19.3. The molecular formula is C27H32F2N4O4. The third-order valence-corrected chi connectivity index (χ3v) is 8.09. The number of aryl methyl sites for hydroxylation is 1. The number of fused-ring (bicyclic) bond motifs is 1. The minimum atomic E-state index is -2.73. The lowest BCUT2D eigenvalue weighted by Crippen LogP contribution is -2.39. The van der Waals surface area contributed by atoms with E-state index in [2.05, 4.69) is 9.97 Å². The summed E-state index contributed by atoms with van der Waals surface area (Å²) in [5.74, 6) is -1.97. The maximum absolute atomic E-state index is 14.0. The van der Waals surface area contributed by atoms with Crippen molar-refractivity contribution in [3.05, 3.63) is 62.1 Å². The predicted octanol–water partition coefficient (Wildman–Crippen LogP) is 4.37. The van der Waals surface area contributed by atoms with Crippen molar-refractivity contribution in [3.8, 4) is 5.88 Å². The van der Waals surface area contributed by atoms with Crippen molar-refractivity contribution in [3.63, 3.8) is 0 Å². The third kappa shape index (κ3) is 4.56. The first kappa shape index (κ1) is 25.5. The number of aromatic nitrogens is 4. The van der Waals surface area contributed by atoms with Crippen LogP contribution >= 0.6 is 0 Å². The molecule has 2 aliphatic rings. The van der Waals surface area contributed by atoms with Gasteiger partial charge in [-0.05, 0) is 57.6 Å². The van der Waals surface area contributed by atoms with Crippen molar-refractivity contribution >= 4 is 11.0 Å². The first-order valence-electron chi connectivity index (χ1n) is 12.7. The molecule has 0 radical (unpaired) electrons. The number of halogens is 2. The number of hydrogen-bond donors (Lipinski definition) is 0. The van der Waals surface area contributed by atoms with Gasteiger partial charge >= 0.3 is 0 Å². The van der Waals surface area contributed by atoms with Gasteiger partial charge in [-0.15, -0.1) is 0 Å². The van der Waals surface area contributed by atoms with Gasteiger partial charge in [0.15, 0.2) is 5.65 Å². The standard InChI is InChI=1S/C27H32F2N4O4/c1-16-31-23-21(24(34)32(16)3)13-20(25(35)33(23)19-7-10-27(28,29)11-8-19)17-9-12-37-26(2,14-17)18-5-6-22(36-4)30-15-18/h5-6,13,15,17,19H,7-12,14H2,1-4H3/t17-,26+/m1/s1. The summed E-state index contributed by atoms with van der Waals surface area (Å²) in [6, 6.07) is 4.90. The first-order chi connectivity index (χ1) is 17.5. The molecule has 2 atom stereocenters. The highest BCUT2D eigenvalue weighted by Crippen LogP contribution is 2.43. The summed E-state index contributed by atoms with van der Waals surface area (Å²) >= 11 is 0. The van der Waals surface area contributed by atoms with Crippen LogP contribution in [0, 0.1) is 6.92 Å². The number of rotatable bonds is 4. The van der Waals surface area contributed by atoms with Crippen LogP contribution in [0.3, 0.4) is 0 Å². The summed E-state index contributed by atoms with van der Waals surface area (Å²) in [5, 5.41) is 0.333. The lowest BCUT2D eigenvalue weighted by atomic mass is 9.79. The van der Waals surface area contributed by atoms with E-state index in [4.69, 9.17) is 9.47 Å². The summed E-state index contributed by atoms with van der Waals surface area (Å²) < 4.78 is 42.3. The first-order valence-corrected chi connectivity index (χ1v) is 12.7. The molecule has 0 N–H and O–H groups in total. The van der Waals surface area contributed by atoms with Crippen LogP contribution in [0.4, 0.5) is 8.78 Å². The average Bonchev–Trinajstić information content (AvgIpc) is 2.88. The van der Waals surface area contributed by atoms with Gasteiger partial charge in [0.1, 0.15) is 5.82 Å². The maximum Gasteiger partial charge on any atom is 0.262 e. The molecule has 4 heterocycles. The number of methoxy groups -OCH3 is 1. The predicted molar refractivity (Wildman–Crippen MR) is 135 cm³/mol. The van der Waals surface area contributed by atoms with Gasteiger partial charge in [0.2, 0.25) is 11.8 Å². The second-order valence-corrected chi connectivity index (χ2v) is 10.5. The van der Waals surface area contributed by atoms with Gasteiger partial charge in [0.05, 0.1) is 18.1 Å². The van der Waals surface area contributed by atoms with Crippen LogP contribution in [-0.2, 0) is 17.4 Å². The molecule has 0 aromatic carbocycles. The Hall–Kier alpha value is -3.14. The molecule has 1 saturated carbocycles. The van der Waals surface area contributed by atoms with Crippen molar-refractivity contribution in [1.82, 2.24) is 19.1 Å². The van der Waals surface area contributed by atoms with E-state index in [0.29, 0.717) is 42.1 Å². The van der Waals surface area contributed by atoms with Crippen LogP contribution in [-0.4, -0.2) is 38.7 Å². The van der Waals surface area contributed by atoms with Crippen molar-refractivity contribution in [1.29, 1.82) is 0 Å². The van der Waals surface area contributed by atoms with Crippen molar-refractivity contribution < 1.29 is 18.3 Å². The lowest BCUT2D eigenvalue weighted by Gasteiger charge is -2.39. The Morgan fingerprint density at radius 1 is 1.14 bits per heavy atom. The van der Waals surface area contributed by atoms with E-state index in [1.165, 1.54) is 9.13 Å². The minimum absolute atomic E-state index is 0.157. The molecule has 5 rings (SSSR count). The highest BCUT2D eigenvalue weighted by Gasteiger charge is 2.39. The Morgan fingerprint density at radius 3 is 2.51 bits per heavy atom. The second-order valence-electron chi connectivity index (χ2n) is 10.5. The molecule has 1 aliphatic carbocycles. The van der Waals surface area contributed by atoms with Crippen LogP contribution in [0.25, 0.3) is 11.0 Å². The zero-order chi connectivity index (χ0) is 26.5. The molecule has 3 aromatic rings. The molecule has 8 nitrogen and oxygen atoms in total. The van der Waals surface area contributed by atoms with Gasteiger partial charge in [0, 0.05) is 55.9 Å². The number of nitrogens with zero attached hydrogens (tertiary/aromatic N) is 4. The molecular weight excluding hydrogens is 482 g/mol. The number of ether oxygens (including phenoxy) is 2. The van der Waals surface area contributed by atoms with Crippen LogP contribution < -0.4 is 15.9 Å². The zero-order valence-electron chi connectivity index (χ0n) is 21.6. The van der Waals surface area contributed by atoms with Gasteiger partial charge in [-0.3, -0.25) is 18.7 Å². The zero-order valence-corrected chi connectivity index (χ0v) is 21.6. The van der Waals surface area contributed by atoms with E-state index < -0.39 is 17.6 Å². The van der Waals surface area contributed by atoms with Crippen molar-refractivity contribution in [2.24, 2.45) is 7.05 Å². The van der Waals surface area contributed by atoms with Crippen molar-refractivity contribution in [2.75, 3.05) is 13.7 Å². The Morgan fingerprint density at radius 2 is 1.86 bits per heavy atom. The topological polar surface area (TPSA) is 88.2 Å². The van der Waals surface area contributed by atoms with Crippen LogP contribution in [0.15, 0.2) is 34.0 Å². The fraction of sp³-hybridized carbons (Fsp3) is 0.556. The number of pyridine rings is 2. The van der Waals surface area contributed by atoms with E-state index in [1.807, 2.05) is 13.0 Å². The van der Waals surface area contributed by atoms with E-state index in [-0.39, 0.29) is 48.4 Å². The van der Waals surface area contributed by atoms with Crippen LogP contribution in [0.5, 0.6) is 5.88 Å². The highest BCUT2D eigenvalue weighted by molar-refractivity contribution is 5.75. The summed E-state index contributed by atoms with van der Waals surface area (Å²) in [6.45, 7) is 4.09. The van der Waals surface area contributed by atoms with Crippen LogP contribution in [0.1, 0.15) is 74.4 Å². The van der Waals surface area contributed by atoms with E-state index in [0.717, 1.165) is 5.56 Å². The van der Waals surface area contributed by atoms with Crippen LogP contribution in [0.2, 0.25) is 0 Å². The smallest absolute Gasteiger partial charge is 0.262 e. The Kier molecular flexibility index (Phi) is 6.42. The molecule has 0 unspecified atom stereocenters. The summed E-state index contributed by atoms with van der Waals surface area (Å²) in [5.41, 5.74) is 0.430. The lowest BCUT2D eigenvalue weighted by molar-refractivity contribution is -0.0784. The van der Waals surface area contributed by atoms with E-state index in [1.54, 1.807) is 39.4 Å². The SMILES string of the molecule is COc1ccc([C@]2(C)C[C@H](c3cc4c(=O)n(C)c(C)nc4n(C4CCC(F)(F)CC4)c3=O)CCO2)cn1. The Labute approximate surface area is 213 Å². The molecule has 0 bridgehead atoms. The molecule has 3 aromatic heterocycles. The molecule has 2 fully saturated rings. The normalized spacial score (nSPS) is 24.3. The average molecular weight is 515 g/mol. The molecule has 1 saturated heterocycles. The molecule has 0 spiro atoms. The molecule has 37 heavy (non-hydrogen) atoms. The summed E-state index contributed by atoms with van der Waals surface area (Å²) in [4.78, 5) is 36.2. The minimum Gasteiger partial charge on any atom is -0.481 e. The third-order valence-electron chi connectivity index (χ3n) is 8.09. The van der Waals surface area contributed by atoms with E-state index >= 15 is 0 Å². The van der Waals surface area contributed by atoms with Gasteiger partial charge in [-0.2, -0.15) is 0 Å².